The summed E-state index contributed by atoms with van der Waals surface area (Å²) in [5.74, 6) is 2.92. The first-order valence-electron chi connectivity index (χ1n) is 6.26. The average molecular weight is 417 g/mol. The van der Waals surface area contributed by atoms with Gasteiger partial charge in [-0.05, 0) is 44.0 Å². The van der Waals surface area contributed by atoms with Crippen molar-refractivity contribution in [1.29, 1.82) is 0 Å². The van der Waals surface area contributed by atoms with Crippen molar-refractivity contribution in [2.24, 2.45) is 0 Å². The SMILES string of the molecule is COc1cc(Br)c(Oc2cc(N)nc(C(C)C)n2)cc1Br. The van der Waals surface area contributed by atoms with Gasteiger partial charge in [0.05, 0.1) is 16.1 Å². The summed E-state index contributed by atoms with van der Waals surface area (Å²) in [6, 6.07) is 5.21. The smallest absolute Gasteiger partial charge is 0.224 e. The van der Waals surface area contributed by atoms with Crippen molar-refractivity contribution in [2.75, 3.05) is 12.8 Å². The number of hydrogen-bond acceptors (Lipinski definition) is 5. The van der Waals surface area contributed by atoms with Gasteiger partial charge in [0.2, 0.25) is 5.88 Å². The van der Waals surface area contributed by atoms with E-state index in [2.05, 4.69) is 41.8 Å². The number of methoxy groups -OCH3 is 1. The van der Waals surface area contributed by atoms with Crippen molar-refractivity contribution in [3.8, 4) is 17.4 Å². The van der Waals surface area contributed by atoms with Crippen LogP contribution < -0.4 is 15.2 Å². The summed E-state index contributed by atoms with van der Waals surface area (Å²) in [7, 11) is 1.60. The van der Waals surface area contributed by atoms with Gasteiger partial charge in [-0.3, -0.25) is 0 Å². The van der Waals surface area contributed by atoms with Gasteiger partial charge in [-0.25, -0.2) is 4.98 Å². The summed E-state index contributed by atoms with van der Waals surface area (Å²) in [5.41, 5.74) is 5.79. The van der Waals surface area contributed by atoms with E-state index in [1.54, 1.807) is 19.2 Å². The van der Waals surface area contributed by atoms with Crippen LogP contribution in [0, 0.1) is 0 Å². The van der Waals surface area contributed by atoms with Gasteiger partial charge in [0.25, 0.3) is 0 Å². The van der Waals surface area contributed by atoms with Gasteiger partial charge < -0.3 is 15.2 Å². The van der Waals surface area contributed by atoms with Crippen molar-refractivity contribution in [2.45, 2.75) is 19.8 Å². The molecule has 112 valence electrons. The fourth-order valence-electron chi connectivity index (χ4n) is 1.63. The predicted molar refractivity (Wildman–Crippen MR) is 89.0 cm³/mol. The van der Waals surface area contributed by atoms with Crippen LogP contribution in [0.2, 0.25) is 0 Å². The molecule has 1 heterocycles. The van der Waals surface area contributed by atoms with Crippen LogP contribution in [0.3, 0.4) is 0 Å². The Labute approximate surface area is 140 Å². The van der Waals surface area contributed by atoms with E-state index in [4.69, 9.17) is 15.2 Å². The van der Waals surface area contributed by atoms with E-state index >= 15 is 0 Å². The molecule has 0 aliphatic rings. The summed E-state index contributed by atoms with van der Waals surface area (Å²) < 4.78 is 12.6. The summed E-state index contributed by atoms with van der Waals surface area (Å²) >= 11 is 6.87. The highest BCUT2D eigenvalue weighted by atomic mass is 79.9. The lowest BCUT2D eigenvalue weighted by atomic mass is 10.2. The molecule has 0 saturated carbocycles. The number of ether oxygens (including phenoxy) is 2. The van der Waals surface area contributed by atoms with Crippen molar-refractivity contribution in [3.05, 3.63) is 33.0 Å². The standard InChI is InChI=1S/C14H15Br2N3O2/c1-7(2)14-18-12(17)6-13(19-14)21-11-5-8(15)10(20-3)4-9(11)16/h4-7H,1-3H3,(H2,17,18,19). The number of nitrogens with zero attached hydrogens (tertiary/aromatic N) is 2. The lowest BCUT2D eigenvalue weighted by Gasteiger charge is -2.12. The molecule has 0 saturated heterocycles. The van der Waals surface area contributed by atoms with E-state index in [9.17, 15) is 0 Å². The minimum atomic E-state index is 0.168. The molecule has 0 fully saturated rings. The normalized spacial score (nSPS) is 10.8. The molecular formula is C14H15Br2N3O2. The molecule has 0 unspecified atom stereocenters. The lowest BCUT2D eigenvalue weighted by Crippen LogP contribution is -2.03. The molecule has 0 atom stereocenters. The highest BCUT2D eigenvalue weighted by Crippen LogP contribution is 2.38. The number of nitrogen functional groups attached to an aromatic ring is 1. The maximum atomic E-state index is 5.80. The molecule has 1 aromatic carbocycles. The molecule has 2 aromatic rings. The highest BCUT2D eigenvalue weighted by molar-refractivity contribution is 9.11. The molecule has 21 heavy (non-hydrogen) atoms. The van der Waals surface area contributed by atoms with E-state index in [0.717, 1.165) is 8.95 Å². The topological polar surface area (TPSA) is 70.3 Å². The van der Waals surface area contributed by atoms with Gasteiger partial charge in [0.1, 0.15) is 23.1 Å². The Morgan fingerprint density at radius 3 is 2.29 bits per heavy atom. The quantitative estimate of drug-likeness (QED) is 0.793. The van der Waals surface area contributed by atoms with E-state index in [1.807, 2.05) is 19.9 Å². The molecule has 0 aliphatic carbocycles. The number of nitrogens with two attached hydrogens (primary N) is 1. The molecular weight excluding hydrogens is 402 g/mol. The molecule has 2 N–H and O–H groups in total. The maximum Gasteiger partial charge on any atom is 0.224 e. The van der Waals surface area contributed by atoms with Gasteiger partial charge in [0.15, 0.2) is 0 Å². The van der Waals surface area contributed by atoms with Crippen molar-refractivity contribution >= 4 is 37.7 Å². The zero-order valence-electron chi connectivity index (χ0n) is 11.9. The Kier molecular flexibility index (Phi) is 5.05. The number of aromatic nitrogens is 2. The van der Waals surface area contributed by atoms with E-state index in [1.165, 1.54) is 0 Å². The summed E-state index contributed by atoms with van der Waals surface area (Å²) in [6.07, 6.45) is 0. The van der Waals surface area contributed by atoms with Gasteiger partial charge in [-0.15, -0.1) is 0 Å². The van der Waals surface area contributed by atoms with Crippen LogP contribution in [0.15, 0.2) is 27.1 Å². The van der Waals surface area contributed by atoms with Crippen LogP contribution in [0.4, 0.5) is 5.82 Å². The maximum absolute atomic E-state index is 5.80. The Bertz CT molecular complexity index is 663. The predicted octanol–water partition coefficient (Wildman–Crippen LogP) is 4.51. The molecule has 0 bridgehead atoms. The van der Waals surface area contributed by atoms with Crippen LogP contribution >= 0.6 is 31.9 Å². The summed E-state index contributed by atoms with van der Waals surface area (Å²) in [4.78, 5) is 8.55. The second-order valence-electron chi connectivity index (χ2n) is 4.66. The number of hydrogen-bond donors (Lipinski definition) is 1. The first kappa shape index (κ1) is 16.0. The third-order valence-corrected chi connectivity index (χ3v) is 3.92. The second-order valence-corrected chi connectivity index (χ2v) is 6.37. The molecule has 0 radical (unpaired) electrons. The zero-order chi connectivity index (χ0) is 15.6. The van der Waals surface area contributed by atoms with Crippen LogP contribution in [0.25, 0.3) is 0 Å². The van der Waals surface area contributed by atoms with E-state index in [-0.39, 0.29) is 5.92 Å². The number of anilines is 1. The number of rotatable bonds is 4. The Balaban J connectivity index is 2.36. The van der Waals surface area contributed by atoms with Crippen molar-refractivity contribution in [1.82, 2.24) is 9.97 Å². The highest BCUT2D eigenvalue weighted by Gasteiger charge is 2.12. The molecule has 1 aromatic heterocycles. The van der Waals surface area contributed by atoms with Gasteiger partial charge in [0, 0.05) is 12.0 Å². The summed E-state index contributed by atoms with van der Waals surface area (Å²) in [5, 5.41) is 0. The fourth-order valence-corrected chi connectivity index (χ4v) is 2.52. The first-order valence-corrected chi connectivity index (χ1v) is 7.84. The van der Waals surface area contributed by atoms with E-state index in [0.29, 0.717) is 29.0 Å². The fraction of sp³-hybridized carbons (Fsp3) is 0.286. The molecule has 0 spiro atoms. The minimum Gasteiger partial charge on any atom is -0.496 e. The van der Waals surface area contributed by atoms with Gasteiger partial charge in [-0.2, -0.15) is 4.98 Å². The van der Waals surface area contributed by atoms with E-state index < -0.39 is 0 Å². The summed E-state index contributed by atoms with van der Waals surface area (Å²) in [6.45, 7) is 4.00. The average Bonchev–Trinajstić information content (AvgIpc) is 2.41. The monoisotopic (exact) mass is 415 g/mol. The Morgan fingerprint density at radius 2 is 1.67 bits per heavy atom. The van der Waals surface area contributed by atoms with Crippen molar-refractivity contribution in [3.63, 3.8) is 0 Å². The molecule has 5 nitrogen and oxygen atoms in total. The van der Waals surface area contributed by atoms with Crippen LogP contribution in [0.1, 0.15) is 25.6 Å². The Morgan fingerprint density at radius 1 is 1.05 bits per heavy atom. The molecule has 0 aliphatic heterocycles. The minimum absolute atomic E-state index is 0.168. The molecule has 2 rings (SSSR count). The van der Waals surface area contributed by atoms with Crippen molar-refractivity contribution < 1.29 is 9.47 Å². The van der Waals surface area contributed by atoms with Gasteiger partial charge >= 0.3 is 0 Å². The largest absolute Gasteiger partial charge is 0.496 e. The third kappa shape index (κ3) is 3.85. The van der Waals surface area contributed by atoms with Crippen LogP contribution in [0.5, 0.6) is 17.4 Å². The lowest BCUT2D eigenvalue weighted by molar-refractivity contribution is 0.408. The second kappa shape index (κ2) is 6.62. The van der Waals surface area contributed by atoms with Crippen LogP contribution in [-0.2, 0) is 0 Å². The Hall–Kier alpha value is -1.34. The molecule has 0 amide bonds. The molecule has 7 heteroatoms. The van der Waals surface area contributed by atoms with Crippen LogP contribution in [-0.4, -0.2) is 17.1 Å². The third-order valence-electron chi connectivity index (χ3n) is 2.68. The number of halogens is 2. The van der Waals surface area contributed by atoms with Gasteiger partial charge in [-0.1, -0.05) is 13.8 Å². The zero-order valence-corrected chi connectivity index (χ0v) is 15.0. The first-order chi connectivity index (χ1) is 9.90. The number of benzene rings is 1.